The molecule has 2 rings (SSSR count). The van der Waals surface area contributed by atoms with Gasteiger partial charge >= 0.3 is 0 Å². The van der Waals surface area contributed by atoms with Gasteiger partial charge in [0.2, 0.25) is 0 Å². The molecule has 1 atom stereocenters. The van der Waals surface area contributed by atoms with E-state index in [1.54, 1.807) is 6.07 Å². The van der Waals surface area contributed by atoms with Crippen molar-refractivity contribution in [1.29, 1.82) is 0 Å². The molecule has 4 heteroatoms. The lowest BCUT2D eigenvalue weighted by atomic mass is 9.82. The second-order valence-electron chi connectivity index (χ2n) is 4.86. The lowest BCUT2D eigenvalue weighted by Crippen LogP contribution is -2.36. The Labute approximate surface area is 101 Å². The zero-order valence-corrected chi connectivity index (χ0v) is 9.93. The van der Waals surface area contributed by atoms with Crippen LogP contribution in [0.1, 0.15) is 31.4 Å². The molecule has 94 valence electrons. The SMILES string of the molecule is CC(NCC1CC(O)C1)c1cc(O)ccc1O. The minimum Gasteiger partial charge on any atom is -0.508 e. The Balaban J connectivity index is 1.90. The Morgan fingerprint density at radius 1 is 1.35 bits per heavy atom. The summed E-state index contributed by atoms with van der Waals surface area (Å²) in [7, 11) is 0. The summed E-state index contributed by atoms with van der Waals surface area (Å²) in [6, 6.07) is 4.52. The maximum absolute atomic E-state index is 9.69. The molecule has 1 aromatic rings. The number of rotatable bonds is 4. The fraction of sp³-hybridized carbons (Fsp3) is 0.538. The first-order valence-electron chi connectivity index (χ1n) is 5.99. The van der Waals surface area contributed by atoms with E-state index in [0.717, 1.165) is 19.4 Å². The zero-order valence-electron chi connectivity index (χ0n) is 9.93. The van der Waals surface area contributed by atoms with Gasteiger partial charge in [0.25, 0.3) is 0 Å². The van der Waals surface area contributed by atoms with Gasteiger partial charge in [0.1, 0.15) is 11.5 Å². The molecule has 0 aliphatic heterocycles. The van der Waals surface area contributed by atoms with E-state index in [9.17, 15) is 15.3 Å². The van der Waals surface area contributed by atoms with Gasteiger partial charge in [-0.1, -0.05) is 0 Å². The number of phenolic OH excluding ortho intramolecular Hbond substituents is 2. The Bertz CT molecular complexity index is 388. The highest BCUT2D eigenvalue weighted by Crippen LogP contribution is 2.30. The lowest BCUT2D eigenvalue weighted by molar-refractivity contribution is 0.0420. The number of nitrogens with one attached hydrogen (secondary N) is 1. The summed E-state index contributed by atoms with van der Waals surface area (Å²) in [6.07, 6.45) is 1.57. The minimum atomic E-state index is -0.133. The Hall–Kier alpha value is -1.26. The topological polar surface area (TPSA) is 72.7 Å². The van der Waals surface area contributed by atoms with E-state index in [-0.39, 0.29) is 23.6 Å². The molecular weight excluding hydrogens is 218 g/mol. The Morgan fingerprint density at radius 2 is 2.06 bits per heavy atom. The van der Waals surface area contributed by atoms with Gasteiger partial charge in [-0.2, -0.15) is 0 Å². The molecule has 0 aromatic heterocycles. The summed E-state index contributed by atoms with van der Waals surface area (Å²) >= 11 is 0. The number of aromatic hydroxyl groups is 2. The van der Waals surface area contributed by atoms with Crippen LogP contribution in [0.15, 0.2) is 18.2 Å². The Morgan fingerprint density at radius 3 is 2.71 bits per heavy atom. The van der Waals surface area contributed by atoms with Crippen LogP contribution in [0.4, 0.5) is 0 Å². The number of phenols is 2. The van der Waals surface area contributed by atoms with E-state index in [1.165, 1.54) is 12.1 Å². The van der Waals surface area contributed by atoms with E-state index in [2.05, 4.69) is 5.32 Å². The third-order valence-electron chi connectivity index (χ3n) is 3.40. The van der Waals surface area contributed by atoms with Crippen molar-refractivity contribution in [2.24, 2.45) is 5.92 Å². The quantitative estimate of drug-likeness (QED) is 0.599. The molecule has 1 fully saturated rings. The van der Waals surface area contributed by atoms with Crippen molar-refractivity contribution in [2.45, 2.75) is 31.9 Å². The molecule has 0 spiro atoms. The zero-order chi connectivity index (χ0) is 12.4. The lowest BCUT2D eigenvalue weighted by Gasteiger charge is -2.32. The van der Waals surface area contributed by atoms with Crippen LogP contribution < -0.4 is 5.32 Å². The van der Waals surface area contributed by atoms with Crippen molar-refractivity contribution < 1.29 is 15.3 Å². The molecule has 0 radical (unpaired) electrons. The predicted molar refractivity (Wildman–Crippen MR) is 64.9 cm³/mol. The first-order valence-corrected chi connectivity index (χ1v) is 5.99. The summed E-state index contributed by atoms with van der Waals surface area (Å²) in [4.78, 5) is 0. The number of aliphatic hydroxyl groups excluding tert-OH is 1. The maximum Gasteiger partial charge on any atom is 0.120 e. The molecule has 1 aliphatic rings. The smallest absolute Gasteiger partial charge is 0.120 e. The van der Waals surface area contributed by atoms with E-state index in [1.807, 2.05) is 6.92 Å². The summed E-state index contributed by atoms with van der Waals surface area (Å²) in [5.74, 6) is 0.869. The number of aliphatic hydroxyl groups is 1. The van der Waals surface area contributed by atoms with E-state index >= 15 is 0 Å². The summed E-state index contributed by atoms with van der Waals surface area (Å²) in [5, 5.41) is 31.6. The van der Waals surface area contributed by atoms with Crippen LogP contribution in [0.25, 0.3) is 0 Å². The number of benzene rings is 1. The highest BCUT2D eigenvalue weighted by molar-refractivity contribution is 5.40. The van der Waals surface area contributed by atoms with Gasteiger partial charge in [-0.05, 0) is 50.4 Å². The van der Waals surface area contributed by atoms with Gasteiger partial charge in [-0.15, -0.1) is 0 Å². The highest BCUT2D eigenvalue weighted by atomic mass is 16.3. The van der Waals surface area contributed by atoms with Crippen molar-refractivity contribution >= 4 is 0 Å². The van der Waals surface area contributed by atoms with Crippen molar-refractivity contribution in [3.05, 3.63) is 23.8 Å². The van der Waals surface area contributed by atoms with Crippen LogP contribution in [0.5, 0.6) is 11.5 Å². The predicted octanol–water partition coefficient (Wildman–Crippen LogP) is 1.52. The molecular formula is C13H19NO3. The van der Waals surface area contributed by atoms with E-state index in [4.69, 9.17) is 0 Å². The summed E-state index contributed by atoms with van der Waals surface area (Å²) in [5.41, 5.74) is 0.699. The van der Waals surface area contributed by atoms with Gasteiger partial charge in [-0.25, -0.2) is 0 Å². The molecule has 0 heterocycles. The molecule has 0 bridgehead atoms. The van der Waals surface area contributed by atoms with Crippen LogP contribution in [0.2, 0.25) is 0 Å². The second-order valence-corrected chi connectivity index (χ2v) is 4.86. The standard InChI is InChI=1S/C13H19NO3/c1-8(14-7-9-4-11(16)5-9)12-6-10(15)2-3-13(12)17/h2-3,6,8-9,11,14-17H,4-5,7H2,1H3. The maximum atomic E-state index is 9.69. The average Bonchev–Trinajstić information content (AvgIpc) is 2.26. The molecule has 1 aliphatic carbocycles. The molecule has 0 amide bonds. The van der Waals surface area contributed by atoms with Crippen molar-refractivity contribution in [2.75, 3.05) is 6.54 Å². The second kappa shape index (κ2) is 4.94. The summed E-state index contributed by atoms with van der Waals surface area (Å²) < 4.78 is 0. The van der Waals surface area contributed by atoms with E-state index in [0.29, 0.717) is 11.5 Å². The highest BCUT2D eigenvalue weighted by Gasteiger charge is 2.27. The van der Waals surface area contributed by atoms with Crippen molar-refractivity contribution in [3.8, 4) is 11.5 Å². The van der Waals surface area contributed by atoms with Crippen LogP contribution in [-0.4, -0.2) is 28.0 Å². The van der Waals surface area contributed by atoms with Crippen LogP contribution >= 0.6 is 0 Å². The largest absolute Gasteiger partial charge is 0.508 e. The van der Waals surface area contributed by atoms with Crippen LogP contribution in [0, 0.1) is 5.92 Å². The fourth-order valence-corrected chi connectivity index (χ4v) is 2.21. The van der Waals surface area contributed by atoms with Gasteiger partial charge < -0.3 is 20.6 Å². The summed E-state index contributed by atoms with van der Waals surface area (Å²) in [6.45, 7) is 2.77. The molecule has 4 N–H and O–H groups in total. The Kier molecular flexibility index (Phi) is 3.54. The molecule has 1 saturated carbocycles. The first-order chi connectivity index (χ1) is 8.06. The number of hydrogen-bond donors (Lipinski definition) is 4. The van der Waals surface area contributed by atoms with Gasteiger partial charge in [0, 0.05) is 11.6 Å². The molecule has 1 unspecified atom stereocenters. The third kappa shape index (κ3) is 2.90. The van der Waals surface area contributed by atoms with Crippen molar-refractivity contribution in [3.63, 3.8) is 0 Å². The third-order valence-corrected chi connectivity index (χ3v) is 3.40. The number of hydrogen-bond acceptors (Lipinski definition) is 4. The monoisotopic (exact) mass is 237 g/mol. The normalized spacial score (nSPS) is 25.3. The molecule has 0 saturated heterocycles. The molecule has 1 aromatic carbocycles. The van der Waals surface area contributed by atoms with Gasteiger partial charge in [0.05, 0.1) is 6.10 Å². The fourth-order valence-electron chi connectivity index (χ4n) is 2.21. The van der Waals surface area contributed by atoms with Crippen molar-refractivity contribution in [1.82, 2.24) is 5.32 Å². The average molecular weight is 237 g/mol. The first kappa shape index (κ1) is 12.2. The van der Waals surface area contributed by atoms with Gasteiger partial charge in [-0.3, -0.25) is 0 Å². The molecule has 4 nitrogen and oxygen atoms in total. The van der Waals surface area contributed by atoms with Gasteiger partial charge in [0.15, 0.2) is 0 Å². The van der Waals surface area contributed by atoms with Crippen LogP contribution in [-0.2, 0) is 0 Å². The minimum absolute atomic E-state index is 0.0140. The van der Waals surface area contributed by atoms with Crippen LogP contribution in [0.3, 0.4) is 0 Å². The van der Waals surface area contributed by atoms with E-state index < -0.39 is 0 Å². The molecule has 17 heavy (non-hydrogen) atoms.